The molecule has 0 bridgehead atoms. The molecule has 1 fully saturated rings. The number of carbonyl (C=O) groups excluding carboxylic acids is 2. The number of hydrogen-bond donors (Lipinski definition) is 1. The molecule has 0 unspecified atom stereocenters. The zero-order chi connectivity index (χ0) is 21.0. The molecule has 1 N–H and O–H groups in total. The van der Waals surface area contributed by atoms with Gasteiger partial charge < -0.3 is 19.7 Å². The lowest BCUT2D eigenvalue weighted by Gasteiger charge is -2.30. The molecule has 29 heavy (non-hydrogen) atoms. The van der Waals surface area contributed by atoms with Crippen molar-refractivity contribution in [3.8, 4) is 11.5 Å². The van der Waals surface area contributed by atoms with Gasteiger partial charge >= 0.3 is 0 Å². The Bertz CT molecular complexity index is 863. The molecule has 2 amide bonds. The van der Waals surface area contributed by atoms with E-state index in [-0.39, 0.29) is 42.3 Å². The van der Waals surface area contributed by atoms with E-state index < -0.39 is 10.0 Å². The molecule has 2 heterocycles. The van der Waals surface area contributed by atoms with Gasteiger partial charge in [-0.2, -0.15) is 4.31 Å². The van der Waals surface area contributed by atoms with Crippen LogP contribution in [0.1, 0.15) is 19.3 Å². The smallest absolute Gasteiger partial charge is 0.243 e. The second kappa shape index (κ2) is 9.00. The molecule has 3 rings (SSSR count). The Balaban J connectivity index is 1.60. The maximum atomic E-state index is 13.0. The SMILES string of the molecule is CN(C)C(=O)CNC(=O)C1CCN(S(=O)(=O)c2ccc3c(c2)OCCCO3)CC1. The summed E-state index contributed by atoms with van der Waals surface area (Å²) in [4.78, 5) is 25.4. The van der Waals surface area contributed by atoms with Crippen molar-refractivity contribution in [1.82, 2.24) is 14.5 Å². The number of fused-ring (bicyclic) bond motifs is 1. The van der Waals surface area contributed by atoms with E-state index in [0.29, 0.717) is 37.6 Å². The minimum atomic E-state index is -3.69. The lowest BCUT2D eigenvalue weighted by atomic mass is 9.97. The first-order valence-corrected chi connectivity index (χ1v) is 11.1. The summed E-state index contributed by atoms with van der Waals surface area (Å²) in [6.07, 6.45) is 1.56. The lowest BCUT2D eigenvalue weighted by molar-refractivity contribution is -0.132. The zero-order valence-corrected chi connectivity index (χ0v) is 17.5. The van der Waals surface area contributed by atoms with Crippen LogP contribution in [0.25, 0.3) is 0 Å². The van der Waals surface area contributed by atoms with E-state index in [1.807, 2.05) is 0 Å². The molecule has 0 aliphatic carbocycles. The fourth-order valence-electron chi connectivity index (χ4n) is 3.28. The summed E-state index contributed by atoms with van der Waals surface area (Å²) < 4.78 is 38.5. The van der Waals surface area contributed by atoms with Crippen molar-refractivity contribution in [2.75, 3.05) is 46.9 Å². The molecular weight excluding hydrogens is 398 g/mol. The average molecular weight is 426 g/mol. The monoisotopic (exact) mass is 425 g/mol. The topological polar surface area (TPSA) is 105 Å². The molecule has 0 spiro atoms. The molecule has 1 saturated heterocycles. The van der Waals surface area contributed by atoms with Gasteiger partial charge in [0.1, 0.15) is 0 Å². The van der Waals surface area contributed by atoms with Crippen molar-refractivity contribution in [1.29, 1.82) is 0 Å². The molecule has 0 radical (unpaired) electrons. The second-order valence-corrected chi connectivity index (χ2v) is 9.28. The third kappa shape index (κ3) is 4.99. The predicted molar refractivity (Wildman–Crippen MR) is 105 cm³/mol. The van der Waals surface area contributed by atoms with Crippen LogP contribution in [0.5, 0.6) is 11.5 Å². The van der Waals surface area contributed by atoms with Crippen LogP contribution in [0.4, 0.5) is 0 Å². The van der Waals surface area contributed by atoms with Gasteiger partial charge in [0.25, 0.3) is 0 Å². The van der Waals surface area contributed by atoms with Crippen LogP contribution in [-0.2, 0) is 19.6 Å². The number of hydrogen-bond acceptors (Lipinski definition) is 6. The van der Waals surface area contributed by atoms with Crippen molar-refractivity contribution in [2.45, 2.75) is 24.2 Å². The van der Waals surface area contributed by atoms with Gasteiger partial charge in [-0.1, -0.05) is 0 Å². The van der Waals surface area contributed by atoms with Crippen molar-refractivity contribution < 1.29 is 27.5 Å². The Kier molecular flexibility index (Phi) is 6.63. The molecule has 0 aromatic heterocycles. The highest BCUT2D eigenvalue weighted by Gasteiger charge is 2.32. The molecule has 0 atom stereocenters. The minimum Gasteiger partial charge on any atom is -0.490 e. The van der Waals surface area contributed by atoms with Crippen molar-refractivity contribution in [3.63, 3.8) is 0 Å². The number of rotatable bonds is 5. The molecule has 9 nitrogen and oxygen atoms in total. The molecule has 2 aliphatic heterocycles. The first kappa shape index (κ1) is 21.4. The van der Waals surface area contributed by atoms with Gasteiger partial charge in [-0.25, -0.2) is 8.42 Å². The third-order valence-electron chi connectivity index (χ3n) is 5.09. The average Bonchev–Trinajstić information content (AvgIpc) is 2.96. The number of amides is 2. The number of piperidine rings is 1. The normalized spacial score (nSPS) is 18.0. The predicted octanol–water partition coefficient (Wildman–Crippen LogP) is 0.453. The van der Waals surface area contributed by atoms with Crippen LogP contribution >= 0.6 is 0 Å². The first-order valence-electron chi connectivity index (χ1n) is 9.66. The van der Waals surface area contributed by atoms with Crippen molar-refractivity contribution >= 4 is 21.8 Å². The summed E-state index contributed by atoms with van der Waals surface area (Å²) in [5.74, 6) is 0.272. The Labute approximate surface area is 171 Å². The summed E-state index contributed by atoms with van der Waals surface area (Å²) in [6, 6.07) is 4.64. The Morgan fingerprint density at radius 3 is 2.45 bits per heavy atom. The van der Waals surface area contributed by atoms with Gasteiger partial charge in [0, 0.05) is 45.6 Å². The number of benzene rings is 1. The molecule has 0 saturated carbocycles. The van der Waals surface area contributed by atoms with Crippen molar-refractivity contribution in [2.24, 2.45) is 5.92 Å². The van der Waals surface area contributed by atoms with Crippen LogP contribution in [0.15, 0.2) is 23.1 Å². The summed E-state index contributed by atoms with van der Waals surface area (Å²) in [7, 11) is -0.443. The summed E-state index contributed by atoms with van der Waals surface area (Å²) in [5, 5.41) is 2.63. The number of sulfonamides is 1. The van der Waals surface area contributed by atoms with E-state index in [4.69, 9.17) is 9.47 Å². The van der Waals surface area contributed by atoms with E-state index in [2.05, 4.69) is 5.32 Å². The third-order valence-corrected chi connectivity index (χ3v) is 6.99. The van der Waals surface area contributed by atoms with Crippen LogP contribution in [0, 0.1) is 5.92 Å². The molecule has 1 aromatic rings. The number of carbonyl (C=O) groups is 2. The van der Waals surface area contributed by atoms with Gasteiger partial charge in [0.05, 0.1) is 24.7 Å². The van der Waals surface area contributed by atoms with E-state index >= 15 is 0 Å². The standard InChI is InChI=1S/C19H27N3O6S/c1-21(2)18(23)13-20-19(24)14-6-8-22(9-7-14)29(25,26)15-4-5-16-17(12-15)28-11-3-10-27-16/h4-5,12,14H,3,6-11,13H2,1-2H3,(H,20,24). The van der Waals surface area contributed by atoms with Crippen LogP contribution in [0.2, 0.25) is 0 Å². The quantitative estimate of drug-likeness (QED) is 0.735. The highest BCUT2D eigenvalue weighted by molar-refractivity contribution is 7.89. The highest BCUT2D eigenvalue weighted by atomic mass is 32.2. The number of nitrogens with zero attached hydrogens (tertiary/aromatic N) is 2. The summed E-state index contributed by atoms with van der Waals surface area (Å²) in [6.45, 7) is 1.46. The lowest BCUT2D eigenvalue weighted by Crippen LogP contribution is -2.44. The van der Waals surface area contributed by atoms with Gasteiger partial charge in [-0.3, -0.25) is 9.59 Å². The molecule has 160 valence electrons. The molecular formula is C19H27N3O6S. The number of ether oxygens (including phenoxy) is 2. The van der Waals surface area contributed by atoms with Gasteiger partial charge in [0.15, 0.2) is 11.5 Å². The van der Waals surface area contributed by atoms with E-state index in [0.717, 1.165) is 6.42 Å². The zero-order valence-electron chi connectivity index (χ0n) is 16.7. The van der Waals surface area contributed by atoms with Crippen LogP contribution < -0.4 is 14.8 Å². The number of likely N-dealkylation sites (N-methyl/N-ethyl adjacent to an activating group) is 1. The Morgan fingerprint density at radius 1 is 1.14 bits per heavy atom. The molecule has 1 aromatic carbocycles. The fraction of sp³-hybridized carbons (Fsp3) is 0.579. The van der Waals surface area contributed by atoms with E-state index in [1.165, 1.54) is 21.3 Å². The highest BCUT2D eigenvalue weighted by Crippen LogP contribution is 2.33. The van der Waals surface area contributed by atoms with Crippen LogP contribution in [-0.4, -0.2) is 76.4 Å². The van der Waals surface area contributed by atoms with E-state index in [9.17, 15) is 18.0 Å². The van der Waals surface area contributed by atoms with Gasteiger partial charge in [-0.05, 0) is 25.0 Å². The summed E-state index contributed by atoms with van der Waals surface area (Å²) >= 11 is 0. The number of nitrogens with one attached hydrogen (secondary N) is 1. The van der Waals surface area contributed by atoms with Crippen LogP contribution in [0.3, 0.4) is 0 Å². The fourth-order valence-corrected chi connectivity index (χ4v) is 4.76. The second-order valence-electron chi connectivity index (χ2n) is 7.34. The summed E-state index contributed by atoms with van der Waals surface area (Å²) in [5.41, 5.74) is 0. The van der Waals surface area contributed by atoms with Gasteiger partial charge in [-0.15, -0.1) is 0 Å². The minimum absolute atomic E-state index is 0.0540. The molecule has 2 aliphatic rings. The first-order chi connectivity index (χ1) is 13.8. The maximum absolute atomic E-state index is 13.0. The molecule has 10 heteroatoms. The van der Waals surface area contributed by atoms with E-state index in [1.54, 1.807) is 20.2 Å². The van der Waals surface area contributed by atoms with Gasteiger partial charge in [0.2, 0.25) is 21.8 Å². The Hall–Kier alpha value is -2.33. The largest absolute Gasteiger partial charge is 0.490 e. The maximum Gasteiger partial charge on any atom is 0.243 e. The Morgan fingerprint density at radius 2 is 1.79 bits per heavy atom. The van der Waals surface area contributed by atoms with Crippen molar-refractivity contribution in [3.05, 3.63) is 18.2 Å².